The van der Waals surface area contributed by atoms with E-state index in [0.29, 0.717) is 96.1 Å². The average molecular weight is 557 g/mol. The van der Waals surface area contributed by atoms with Crippen LogP contribution in [0.15, 0.2) is 12.7 Å². The molecule has 1 aliphatic carbocycles. The Morgan fingerprint density at radius 1 is 0.775 bits per heavy atom. The van der Waals surface area contributed by atoms with Crippen molar-refractivity contribution in [1.29, 1.82) is 0 Å². The van der Waals surface area contributed by atoms with Crippen LogP contribution in [0.25, 0.3) is 0 Å². The van der Waals surface area contributed by atoms with Gasteiger partial charge in [0.25, 0.3) is 0 Å². The van der Waals surface area contributed by atoms with Gasteiger partial charge >= 0.3 is 5.97 Å². The fourth-order valence-corrected chi connectivity index (χ4v) is 11.2. The minimum Gasteiger partial charge on any atom is -0.481 e. The number of carbonyl (C=O) groups is 1. The van der Waals surface area contributed by atoms with Crippen molar-refractivity contribution in [3.8, 4) is 0 Å². The average Bonchev–Trinajstić information content (AvgIpc) is 3.65. The van der Waals surface area contributed by atoms with E-state index in [-0.39, 0.29) is 24.5 Å². The van der Waals surface area contributed by atoms with Crippen LogP contribution >= 0.6 is 0 Å². The molecular formula is C33H56N4O3. The van der Waals surface area contributed by atoms with Gasteiger partial charge in [0.1, 0.15) is 0 Å². The van der Waals surface area contributed by atoms with E-state index in [0.717, 1.165) is 25.7 Å². The smallest absolute Gasteiger partial charge is 0.303 e. The van der Waals surface area contributed by atoms with Gasteiger partial charge in [0.2, 0.25) is 0 Å². The van der Waals surface area contributed by atoms with Crippen molar-refractivity contribution >= 4 is 5.97 Å². The molecule has 5 aliphatic heterocycles. The Morgan fingerprint density at radius 2 is 1.35 bits per heavy atom. The number of aliphatic hydroxyl groups excluding tert-OH is 1. The summed E-state index contributed by atoms with van der Waals surface area (Å²) in [6.07, 6.45) is 8.20. The Morgan fingerprint density at radius 3 is 2.05 bits per heavy atom. The molecule has 0 radical (unpaired) electrons. The van der Waals surface area contributed by atoms with Crippen LogP contribution in [-0.4, -0.2) is 70.6 Å². The zero-order valence-corrected chi connectivity index (χ0v) is 25.4. The SMILES string of the molecule is C=CC1C2CC3NC(CC4NC5C(CC(O)C5C4C)C4NC(CC(N2)C1C)C(C)C4CCC(=O)O)C(CC)C3C. The molecule has 6 aliphatic rings. The van der Waals surface area contributed by atoms with E-state index < -0.39 is 5.97 Å². The van der Waals surface area contributed by atoms with Crippen molar-refractivity contribution in [1.82, 2.24) is 21.3 Å². The maximum absolute atomic E-state index is 11.7. The van der Waals surface area contributed by atoms with Gasteiger partial charge in [-0.2, -0.15) is 0 Å². The number of hydrogen-bond donors (Lipinski definition) is 6. The highest BCUT2D eigenvalue weighted by molar-refractivity contribution is 5.66. The first kappa shape index (κ1) is 29.1. The molecule has 226 valence electrons. The van der Waals surface area contributed by atoms with E-state index in [4.69, 9.17) is 0 Å². The van der Waals surface area contributed by atoms with Gasteiger partial charge in [-0.1, -0.05) is 47.1 Å². The minimum absolute atomic E-state index is 0.222. The van der Waals surface area contributed by atoms with Crippen LogP contribution in [0.2, 0.25) is 0 Å². The molecule has 40 heavy (non-hydrogen) atoms. The highest BCUT2D eigenvalue weighted by atomic mass is 16.4. The lowest BCUT2D eigenvalue weighted by atomic mass is 9.76. The lowest BCUT2D eigenvalue weighted by Gasteiger charge is -2.32. The van der Waals surface area contributed by atoms with Crippen LogP contribution in [0.4, 0.5) is 0 Å². The van der Waals surface area contributed by atoms with Crippen molar-refractivity contribution in [3.63, 3.8) is 0 Å². The molecule has 7 heteroatoms. The number of rotatable bonds is 5. The number of hydrogen-bond acceptors (Lipinski definition) is 6. The van der Waals surface area contributed by atoms with Gasteiger partial charge in [0.05, 0.1) is 6.10 Å². The summed E-state index contributed by atoms with van der Waals surface area (Å²) in [6, 6.07) is 3.17. The van der Waals surface area contributed by atoms with E-state index >= 15 is 0 Å². The fourth-order valence-electron chi connectivity index (χ4n) is 11.2. The molecule has 6 rings (SSSR count). The Labute approximate surface area is 242 Å². The number of nitrogens with one attached hydrogen (secondary N) is 4. The quantitative estimate of drug-likeness (QED) is 0.289. The molecule has 0 aromatic rings. The van der Waals surface area contributed by atoms with E-state index in [9.17, 15) is 15.0 Å². The number of fused-ring (bicyclic) bond motifs is 8. The molecule has 0 aromatic heterocycles. The topological polar surface area (TPSA) is 106 Å². The van der Waals surface area contributed by atoms with Gasteiger partial charge in [0, 0.05) is 60.7 Å². The van der Waals surface area contributed by atoms with Gasteiger partial charge in [0.15, 0.2) is 0 Å². The highest BCUT2D eigenvalue weighted by Crippen LogP contribution is 2.50. The van der Waals surface area contributed by atoms with Crippen LogP contribution in [0.3, 0.4) is 0 Å². The van der Waals surface area contributed by atoms with Crippen molar-refractivity contribution in [2.24, 2.45) is 53.3 Å². The Hall–Kier alpha value is -0.990. The third-order valence-electron chi connectivity index (χ3n) is 13.5. The van der Waals surface area contributed by atoms with Crippen LogP contribution in [-0.2, 0) is 4.79 Å². The summed E-state index contributed by atoms with van der Waals surface area (Å²) in [6.45, 7) is 16.2. The first-order valence-corrected chi connectivity index (χ1v) is 16.7. The van der Waals surface area contributed by atoms with Gasteiger partial charge in [-0.3, -0.25) is 4.79 Å². The van der Waals surface area contributed by atoms with E-state index in [1.54, 1.807) is 0 Å². The molecule has 6 fully saturated rings. The third kappa shape index (κ3) is 4.80. The summed E-state index contributed by atoms with van der Waals surface area (Å²) in [5, 5.41) is 37.5. The van der Waals surface area contributed by atoms with Gasteiger partial charge in [-0.25, -0.2) is 0 Å². The first-order valence-electron chi connectivity index (χ1n) is 16.7. The van der Waals surface area contributed by atoms with Crippen molar-refractivity contribution in [3.05, 3.63) is 12.7 Å². The van der Waals surface area contributed by atoms with E-state index in [1.807, 2.05) is 0 Å². The molecule has 0 spiro atoms. The van der Waals surface area contributed by atoms with Gasteiger partial charge < -0.3 is 31.5 Å². The number of carboxylic acids is 1. The zero-order chi connectivity index (χ0) is 28.5. The molecule has 8 bridgehead atoms. The third-order valence-corrected chi connectivity index (χ3v) is 13.5. The van der Waals surface area contributed by atoms with Crippen LogP contribution in [0.5, 0.6) is 0 Å². The van der Waals surface area contributed by atoms with Crippen LogP contribution in [0.1, 0.15) is 79.6 Å². The van der Waals surface area contributed by atoms with E-state index in [1.165, 1.54) is 6.42 Å². The second-order valence-corrected chi connectivity index (χ2v) is 15.0. The molecule has 18 unspecified atom stereocenters. The number of aliphatic carboxylic acids is 1. The maximum Gasteiger partial charge on any atom is 0.303 e. The predicted octanol–water partition coefficient (Wildman–Crippen LogP) is 3.38. The van der Waals surface area contributed by atoms with Crippen LogP contribution in [0, 0.1) is 53.3 Å². The standard InChI is InChI=1S/C33H56N4O3/c1-7-19-15(3)23-12-25-17(5)21(9-10-30(39)40)32(36-25)22-11-29(38)31-18(6)26(37-33(22)31)14-28-20(8-2)16(4)24(35-28)13-27(19)34-23/h7,15-29,31-38H,1,8-14H2,2-6H3,(H,39,40). The Bertz CT molecular complexity index is 947. The lowest BCUT2D eigenvalue weighted by molar-refractivity contribution is -0.137. The second-order valence-electron chi connectivity index (χ2n) is 15.0. The number of carboxylic acid groups (broad SMARTS) is 1. The minimum atomic E-state index is -0.699. The molecule has 18 atom stereocenters. The highest BCUT2D eigenvalue weighted by Gasteiger charge is 2.58. The Kier molecular flexibility index (Phi) is 8.19. The zero-order valence-electron chi connectivity index (χ0n) is 25.4. The molecule has 1 saturated carbocycles. The molecule has 5 saturated heterocycles. The maximum atomic E-state index is 11.7. The van der Waals surface area contributed by atoms with Gasteiger partial charge in [-0.05, 0) is 79.4 Å². The van der Waals surface area contributed by atoms with E-state index in [2.05, 4.69) is 68.5 Å². The molecule has 0 amide bonds. The first-order chi connectivity index (χ1) is 19.1. The predicted molar refractivity (Wildman–Crippen MR) is 159 cm³/mol. The largest absolute Gasteiger partial charge is 0.481 e. The summed E-state index contributed by atoms with van der Waals surface area (Å²) >= 11 is 0. The van der Waals surface area contributed by atoms with Crippen molar-refractivity contribution in [2.45, 2.75) is 134 Å². The molecule has 6 N–H and O–H groups in total. The normalized spacial score (nSPS) is 55.5. The summed E-state index contributed by atoms with van der Waals surface area (Å²) in [5.74, 6) is 3.38. The van der Waals surface area contributed by atoms with Crippen molar-refractivity contribution < 1.29 is 15.0 Å². The Balaban J connectivity index is 1.35. The molecule has 0 aromatic carbocycles. The lowest BCUT2D eigenvalue weighted by Crippen LogP contribution is -2.48. The fraction of sp³-hybridized carbons (Fsp3) is 0.909. The number of aliphatic hydroxyl groups is 1. The summed E-state index contributed by atoms with van der Waals surface area (Å²) in [7, 11) is 0. The summed E-state index contributed by atoms with van der Waals surface area (Å²) < 4.78 is 0. The van der Waals surface area contributed by atoms with Crippen LogP contribution < -0.4 is 21.3 Å². The molecule has 5 heterocycles. The van der Waals surface area contributed by atoms with Crippen molar-refractivity contribution in [2.75, 3.05) is 0 Å². The molecular weight excluding hydrogens is 500 g/mol. The summed E-state index contributed by atoms with van der Waals surface area (Å²) in [4.78, 5) is 11.7. The molecule has 7 nitrogen and oxygen atoms in total. The second kappa shape index (κ2) is 11.3. The van der Waals surface area contributed by atoms with Gasteiger partial charge in [-0.15, -0.1) is 6.58 Å². The monoisotopic (exact) mass is 556 g/mol. The summed E-state index contributed by atoms with van der Waals surface area (Å²) in [5.41, 5.74) is 0.